The van der Waals surface area contributed by atoms with E-state index in [1.165, 1.54) is 140 Å². The van der Waals surface area contributed by atoms with E-state index in [9.17, 15) is 88.8 Å². The van der Waals surface area contributed by atoms with Crippen LogP contribution in [0.1, 0.15) is 47.6 Å². The fourth-order valence-electron chi connectivity index (χ4n) is 8.66. The van der Waals surface area contributed by atoms with Crippen molar-refractivity contribution in [3.8, 4) is 28.7 Å². The minimum Gasteiger partial charge on any atom is -0.508 e. The van der Waals surface area contributed by atoms with E-state index in [2.05, 4.69) is 42.5 Å². The second-order valence-corrected chi connectivity index (χ2v) is 21.5. The number of rotatable bonds is 33. The van der Waals surface area contributed by atoms with E-state index < -0.39 is 127 Å². The van der Waals surface area contributed by atoms with E-state index in [-0.39, 0.29) is 73.0 Å². The molecule has 0 spiro atoms. The molecular weight excluding hydrogens is 1170 g/mol. The molecule has 0 aliphatic heterocycles. The van der Waals surface area contributed by atoms with E-state index in [4.69, 9.17) is 5.73 Å². The van der Waals surface area contributed by atoms with Crippen molar-refractivity contribution in [3.05, 3.63) is 149 Å². The highest BCUT2D eigenvalue weighted by Crippen LogP contribution is 2.18. The third kappa shape index (κ3) is 22.5. The molecule has 18 N–H and O–H groups in total. The van der Waals surface area contributed by atoms with Crippen molar-refractivity contribution in [2.24, 2.45) is 5.73 Å². The lowest BCUT2D eigenvalue weighted by molar-refractivity contribution is -0.143. The van der Waals surface area contributed by atoms with Crippen LogP contribution < -0.4 is 48.3 Å². The van der Waals surface area contributed by atoms with Crippen molar-refractivity contribution in [3.63, 3.8) is 0 Å². The maximum Gasteiger partial charge on any atom is 0.326 e. The average molecular weight is 1240 g/mol. The monoisotopic (exact) mass is 1240 g/mol. The van der Waals surface area contributed by atoms with E-state index in [0.29, 0.717) is 27.8 Å². The Morgan fingerprint density at radius 2 is 0.648 bits per heavy atom. The molecule has 8 amide bonds. The van der Waals surface area contributed by atoms with Crippen LogP contribution in [0.15, 0.2) is 121 Å². The van der Waals surface area contributed by atoms with Gasteiger partial charge in [-0.3, -0.25) is 43.2 Å². The lowest BCUT2D eigenvalue weighted by Crippen LogP contribution is -2.61. The lowest BCUT2D eigenvalue weighted by atomic mass is 10.00. The molecule has 0 radical (unpaired) electrons. The number of hydrogen-bond donors (Lipinski definition) is 17. The van der Waals surface area contributed by atoms with Crippen molar-refractivity contribution in [1.82, 2.24) is 42.5 Å². The van der Waals surface area contributed by atoms with Gasteiger partial charge in [0.1, 0.15) is 83.1 Å². The number of amides is 8. The molecule has 9 atom stereocenters. The molecule has 0 saturated heterocycles. The van der Waals surface area contributed by atoms with Gasteiger partial charge in [-0.2, -0.15) is 11.8 Å². The molecule has 0 fully saturated rings. The summed E-state index contributed by atoms with van der Waals surface area (Å²) in [6.45, 7) is 0.464. The molecular formula is C60H71N9O18S. The van der Waals surface area contributed by atoms with Gasteiger partial charge in [0.25, 0.3) is 0 Å². The van der Waals surface area contributed by atoms with Gasteiger partial charge < -0.3 is 89.1 Å². The summed E-state index contributed by atoms with van der Waals surface area (Å²) in [6, 6.07) is 13.7. The fourth-order valence-corrected chi connectivity index (χ4v) is 9.14. The van der Waals surface area contributed by atoms with Crippen LogP contribution in [0.2, 0.25) is 0 Å². The molecule has 88 heavy (non-hydrogen) atoms. The van der Waals surface area contributed by atoms with Crippen LogP contribution in [-0.2, 0) is 80.0 Å². The molecule has 0 bridgehead atoms. The van der Waals surface area contributed by atoms with E-state index in [0.717, 1.165) is 0 Å². The molecule has 27 nitrogen and oxygen atoms in total. The Labute approximate surface area is 508 Å². The quantitative estimate of drug-likeness (QED) is 0.0246. The number of aliphatic hydroxyl groups excluding tert-OH is 1. The Morgan fingerprint density at radius 1 is 0.386 bits per heavy atom. The molecule has 0 aliphatic rings. The second kappa shape index (κ2) is 33.7. The Kier molecular flexibility index (Phi) is 26.4. The van der Waals surface area contributed by atoms with E-state index >= 15 is 0 Å². The number of thioether (sulfide) groups is 1. The summed E-state index contributed by atoms with van der Waals surface area (Å²) in [6.07, 6.45) is -0.781. The predicted octanol–water partition coefficient (Wildman–Crippen LogP) is -0.742. The number of phenols is 5. The zero-order valence-electron chi connectivity index (χ0n) is 47.8. The Bertz CT molecular complexity index is 3210. The van der Waals surface area contributed by atoms with Gasteiger partial charge in [0, 0.05) is 32.1 Å². The largest absolute Gasteiger partial charge is 0.508 e. The normalized spacial score (nSPS) is 14.0. The van der Waals surface area contributed by atoms with Crippen molar-refractivity contribution in [2.45, 2.75) is 106 Å². The fraction of sp³-hybridized carbons (Fsp3) is 0.333. The molecule has 5 rings (SSSR count). The van der Waals surface area contributed by atoms with E-state index in [1.54, 1.807) is 6.26 Å². The maximum atomic E-state index is 14.8. The van der Waals surface area contributed by atoms with Crippen LogP contribution in [0.5, 0.6) is 28.7 Å². The van der Waals surface area contributed by atoms with Gasteiger partial charge in [0.05, 0.1) is 13.0 Å². The molecule has 5 aromatic carbocycles. The van der Waals surface area contributed by atoms with Crippen LogP contribution in [-0.4, -0.2) is 173 Å². The summed E-state index contributed by atoms with van der Waals surface area (Å²) in [5, 5.41) is 98.9. The second-order valence-electron chi connectivity index (χ2n) is 20.5. The number of aliphatic carboxylic acids is 2. The van der Waals surface area contributed by atoms with Crippen molar-refractivity contribution in [2.75, 3.05) is 18.6 Å². The molecule has 0 heterocycles. The first kappa shape index (κ1) is 68.8. The summed E-state index contributed by atoms with van der Waals surface area (Å²) in [7, 11) is 0. The minimum atomic E-state index is -1.85. The number of carboxylic acid groups (broad SMARTS) is 2. The summed E-state index contributed by atoms with van der Waals surface area (Å²) in [5.74, 6) is -11.4. The molecule has 0 aromatic heterocycles. The van der Waals surface area contributed by atoms with Gasteiger partial charge in [0.15, 0.2) is 0 Å². The van der Waals surface area contributed by atoms with Crippen molar-refractivity contribution >= 4 is 71.0 Å². The van der Waals surface area contributed by atoms with E-state index in [1.807, 2.05) is 0 Å². The number of hydrogen-bond acceptors (Lipinski definition) is 18. The number of carbonyl (C=O) groups excluding carboxylic acids is 8. The van der Waals surface area contributed by atoms with Gasteiger partial charge >= 0.3 is 11.9 Å². The SMILES string of the molecule is CSCC[C@H](NC(=O)[C@H](C)NC(=O)[C@H](Cc1ccc(O)cc1)NC(=O)[C@H](Cc1ccc(O)cc1)NC(=O)[C@H](Cc1ccc(O)cc1)NC(=O)[C@H](Cc1ccc(O)cc1)NC(=O)[C@@H](N)CO)C(=O)N[C@@H](CC(=O)O)C(=O)N[C@@H](Cc1ccc(O)cc1)C(=O)O. The predicted molar refractivity (Wildman–Crippen MR) is 318 cm³/mol. The van der Waals surface area contributed by atoms with Crippen LogP contribution in [0.25, 0.3) is 0 Å². The number of nitrogens with two attached hydrogens (primary N) is 1. The highest BCUT2D eigenvalue weighted by Gasteiger charge is 2.36. The number of carbonyl (C=O) groups is 10. The molecule has 0 aliphatic carbocycles. The standard InChI is InChI=1S/C60H71N9O18S/c1-32(52(78)63-44(23-24-88-2)54(80)68-49(30-51(76)77)59(85)69-50(60(86)87)29-37-11-21-42(75)22-12-37)62-55(81)45(25-33-3-13-38(71)14-4-33)65-57(83)47(27-35-7-17-40(73)18-8-35)67-58(84)48(28-36-9-19-41(74)20-10-36)66-56(82)46(64-53(79)43(61)31-70)26-34-5-15-39(72)16-6-34/h3-22,32,43-50,70-75H,23-31,61H2,1-2H3,(H,62,81)(H,63,78)(H,64,79)(H,65,83)(H,66,82)(H,67,84)(H,68,80)(H,69,85)(H,76,77)(H,86,87)/t32-,43-,44-,45-,46-,47-,48-,49-,50-/m0/s1. The highest BCUT2D eigenvalue weighted by atomic mass is 32.2. The van der Waals surface area contributed by atoms with Gasteiger partial charge in [-0.25, -0.2) is 4.79 Å². The molecule has 470 valence electrons. The first-order valence-electron chi connectivity index (χ1n) is 27.4. The van der Waals surface area contributed by atoms with Crippen molar-refractivity contribution in [1.29, 1.82) is 0 Å². The minimum absolute atomic E-state index is 0.0913. The maximum absolute atomic E-state index is 14.8. The number of carboxylic acids is 2. The number of nitrogens with one attached hydrogen (secondary N) is 8. The van der Waals surface area contributed by atoms with Crippen LogP contribution in [0, 0.1) is 0 Å². The Morgan fingerprint density at radius 3 is 0.955 bits per heavy atom. The van der Waals surface area contributed by atoms with Gasteiger partial charge in [-0.15, -0.1) is 0 Å². The van der Waals surface area contributed by atoms with Gasteiger partial charge in [-0.05, 0) is 114 Å². The third-order valence-electron chi connectivity index (χ3n) is 13.6. The lowest BCUT2D eigenvalue weighted by Gasteiger charge is -2.28. The zero-order chi connectivity index (χ0) is 64.6. The summed E-state index contributed by atoms with van der Waals surface area (Å²) in [4.78, 5) is 137. The van der Waals surface area contributed by atoms with Crippen LogP contribution in [0.3, 0.4) is 0 Å². The van der Waals surface area contributed by atoms with Gasteiger partial charge in [-0.1, -0.05) is 60.7 Å². The first-order valence-corrected chi connectivity index (χ1v) is 28.8. The van der Waals surface area contributed by atoms with Crippen LogP contribution >= 0.6 is 11.8 Å². The summed E-state index contributed by atoms with van der Waals surface area (Å²) < 4.78 is 0. The van der Waals surface area contributed by atoms with Gasteiger partial charge in [0.2, 0.25) is 47.3 Å². The Balaban J connectivity index is 1.41. The smallest absolute Gasteiger partial charge is 0.326 e. The highest BCUT2D eigenvalue weighted by molar-refractivity contribution is 7.98. The average Bonchev–Trinajstić information content (AvgIpc) is 3.61. The molecule has 5 aromatic rings. The Hall–Kier alpha value is -9.93. The topological polar surface area (TPSA) is 455 Å². The number of aliphatic hydroxyl groups is 1. The third-order valence-corrected chi connectivity index (χ3v) is 14.2. The first-order chi connectivity index (χ1) is 41.8. The van der Waals surface area contributed by atoms with Crippen LogP contribution in [0.4, 0.5) is 0 Å². The molecule has 0 unspecified atom stereocenters. The number of benzene rings is 5. The zero-order valence-corrected chi connectivity index (χ0v) is 48.6. The number of aromatic hydroxyl groups is 5. The summed E-state index contributed by atoms with van der Waals surface area (Å²) >= 11 is 1.26. The number of phenolic OH excluding ortho intramolecular Hbond substituents is 5. The summed E-state index contributed by atoms with van der Waals surface area (Å²) in [5.41, 5.74) is 7.77. The molecule has 28 heteroatoms. The molecule has 0 saturated carbocycles. The van der Waals surface area contributed by atoms with Crippen molar-refractivity contribution < 1.29 is 88.8 Å².